The van der Waals surface area contributed by atoms with Crippen LogP contribution in [0.5, 0.6) is 0 Å². The molecule has 0 aliphatic carbocycles. The van der Waals surface area contributed by atoms with Gasteiger partial charge in [0.2, 0.25) is 0 Å². The Balaban J connectivity index is 3.95. The highest BCUT2D eigenvalue weighted by Crippen LogP contribution is 2.07. The first-order valence-electron chi connectivity index (χ1n) is 4.78. The molecule has 0 saturated carbocycles. The maximum Gasteiger partial charge on any atom is 0.407 e. The van der Waals surface area contributed by atoms with Crippen LogP contribution in [0.2, 0.25) is 0 Å². The molecule has 0 heterocycles. The molecular formula is C10H21NO3. The average molecular weight is 203 g/mol. The van der Waals surface area contributed by atoms with E-state index in [1.807, 2.05) is 34.6 Å². The molecule has 0 saturated heterocycles. The van der Waals surface area contributed by atoms with Crippen molar-refractivity contribution in [3.05, 3.63) is 0 Å². The Morgan fingerprint density at radius 3 is 2.14 bits per heavy atom. The van der Waals surface area contributed by atoms with Crippen LogP contribution < -0.4 is 5.32 Å². The minimum atomic E-state index is -0.458. The molecule has 0 bridgehead atoms. The second-order valence-corrected chi connectivity index (χ2v) is 4.38. The number of carbonyl (C=O) groups is 1. The number of methoxy groups -OCH3 is 1. The van der Waals surface area contributed by atoms with Crippen LogP contribution in [-0.4, -0.2) is 30.9 Å². The first-order valence-corrected chi connectivity index (χ1v) is 4.78. The number of nitrogens with one attached hydrogen (secondary N) is 1. The molecule has 84 valence electrons. The van der Waals surface area contributed by atoms with Crippen LogP contribution in [0.1, 0.15) is 34.6 Å². The highest BCUT2D eigenvalue weighted by atomic mass is 16.6. The lowest BCUT2D eigenvalue weighted by atomic mass is 10.2. The quantitative estimate of drug-likeness (QED) is 0.762. The lowest BCUT2D eigenvalue weighted by Gasteiger charge is -2.24. The highest BCUT2D eigenvalue weighted by molar-refractivity contribution is 5.68. The summed E-state index contributed by atoms with van der Waals surface area (Å²) in [6.45, 7) is 9.26. The lowest BCUT2D eigenvalue weighted by Crippen LogP contribution is -2.43. The first-order chi connectivity index (χ1) is 6.26. The zero-order valence-corrected chi connectivity index (χ0v) is 9.88. The van der Waals surface area contributed by atoms with E-state index in [-0.39, 0.29) is 12.1 Å². The molecule has 2 atom stereocenters. The van der Waals surface area contributed by atoms with Crippen molar-refractivity contribution < 1.29 is 14.3 Å². The molecule has 0 aliphatic heterocycles. The Kier molecular flexibility index (Phi) is 4.91. The molecule has 1 N–H and O–H groups in total. The van der Waals surface area contributed by atoms with E-state index < -0.39 is 11.7 Å². The van der Waals surface area contributed by atoms with Crippen molar-refractivity contribution in [1.82, 2.24) is 5.32 Å². The summed E-state index contributed by atoms with van der Waals surface area (Å²) in [5.74, 6) is 0. The second-order valence-electron chi connectivity index (χ2n) is 4.38. The summed E-state index contributed by atoms with van der Waals surface area (Å²) in [6, 6.07) is -0.0603. The molecule has 0 spiro atoms. The van der Waals surface area contributed by atoms with Gasteiger partial charge in [-0.25, -0.2) is 4.79 Å². The predicted octanol–water partition coefficient (Wildman–Crippen LogP) is 1.93. The summed E-state index contributed by atoms with van der Waals surface area (Å²) in [6.07, 6.45) is -0.434. The molecule has 0 aromatic heterocycles. The van der Waals surface area contributed by atoms with Crippen molar-refractivity contribution in [1.29, 1.82) is 0 Å². The maximum atomic E-state index is 11.3. The van der Waals surface area contributed by atoms with E-state index in [0.717, 1.165) is 0 Å². The molecule has 0 aliphatic rings. The summed E-state index contributed by atoms with van der Waals surface area (Å²) in [5, 5.41) is 2.70. The Hall–Kier alpha value is -0.770. The van der Waals surface area contributed by atoms with Gasteiger partial charge in [-0.05, 0) is 34.6 Å². The SMILES string of the molecule is COC(C)[C@H](C)NC(=O)OC(C)(C)C. The van der Waals surface area contributed by atoms with E-state index in [4.69, 9.17) is 9.47 Å². The summed E-state index contributed by atoms with van der Waals surface area (Å²) in [5.41, 5.74) is -0.458. The van der Waals surface area contributed by atoms with Crippen molar-refractivity contribution in [3.8, 4) is 0 Å². The number of ether oxygens (including phenoxy) is 2. The van der Waals surface area contributed by atoms with Gasteiger partial charge in [0.1, 0.15) is 5.60 Å². The Morgan fingerprint density at radius 2 is 1.79 bits per heavy atom. The largest absolute Gasteiger partial charge is 0.444 e. The third-order valence-electron chi connectivity index (χ3n) is 1.82. The van der Waals surface area contributed by atoms with Crippen molar-refractivity contribution in [2.75, 3.05) is 7.11 Å². The topological polar surface area (TPSA) is 47.6 Å². The summed E-state index contributed by atoms with van der Waals surface area (Å²) >= 11 is 0. The molecule has 0 aromatic carbocycles. The second kappa shape index (κ2) is 5.20. The smallest absolute Gasteiger partial charge is 0.407 e. The fourth-order valence-corrected chi connectivity index (χ4v) is 0.815. The van der Waals surface area contributed by atoms with Gasteiger partial charge in [0.05, 0.1) is 12.1 Å². The van der Waals surface area contributed by atoms with Gasteiger partial charge >= 0.3 is 6.09 Å². The van der Waals surface area contributed by atoms with Crippen LogP contribution in [0.4, 0.5) is 4.79 Å². The third kappa shape index (κ3) is 5.80. The Morgan fingerprint density at radius 1 is 1.29 bits per heavy atom. The van der Waals surface area contributed by atoms with Crippen molar-refractivity contribution in [3.63, 3.8) is 0 Å². The number of hydrogen-bond donors (Lipinski definition) is 1. The summed E-state index contributed by atoms with van der Waals surface area (Å²) in [7, 11) is 1.61. The number of alkyl carbamates (subject to hydrolysis) is 1. The zero-order chi connectivity index (χ0) is 11.4. The van der Waals surface area contributed by atoms with E-state index in [1.165, 1.54) is 0 Å². The van der Waals surface area contributed by atoms with Crippen LogP contribution >= 0.6 is 0 Å². The van der Waals surface area contributed by atoms with Crippen LogP contribution in [0, 0.1) is 0 Å². The molecule has 0 fully saturated rings. The molecule has 4 nitrogen and oxygen atoms in total. The third-order valence-corrected chi connectivity index (χ3v) is 1.82. The molecule has 0 radical (unpaired) electrons. The van der Waals surface area contributed by atoms with E-state index in [2.05, 4.69) is 5.32 Å². The van der Waals surface area contributed by atoms with Gasteiger partial charge in [-0.3, -0.25) is 0 Å². The molecule has 0 rings (SSSR count). The van der Waals surface area contributed by atoms with E-state index in [0.29, 0.717) is 0 Å². The molecule has 1 amide bonds. The van der Waals surface area contributed by atoms with E-state index in [9.17, 15) is 4.79 Å². The number of rotatable bonds is 3. The Labute approximate surface area is 86.0 Å². The first kappa shape index (κ1) is 13.2. The number of amides is 1. The van der Waals surface area contributed by atoms with Gasteiger partial charge < -0.3 is 14.8 Å². The van der Waals surface area contributed by atoms with Crippen LogP contribution in [0.3, 0.4) is 0 Å². The van der Waals surface area contributed by atoms with Crippen LogP contribution in [0.15, 0.2) is 0 Å². The van der Waals surface area contributed by atoms with Crippen molar-refractivity contribution in [2.24, 2.45) is 0 Å². The van der Waals surface area contributed by atoms with Gasteiger partial charge in [0.15, 0.2) is 0 Å². The maximum absolute atomic E-state index is 11.3. The van der Waals surface area contributed by atoms with Gasteiger partial charge in [-0.1, -0.05) is 0 Å². The van der Waals surface area contributed by atoms with Crippen molar-refractivity contribution in [2.45, 2.75) is 52.4 Å². The molecular weight excluding hydrogens is 182 g/mol. The number of hydrogen-bond acceptors (Lipinski definition) is 3. The molecule has 0 aromatic rings. The van der Waals surface area contributed by atoms with E-state index >= 15 is 0 Å². The van der Waals surface area contributed by atoms with Gasteiger partial charge in [0.25, 0.3) is 0 Å². The molecule has 1 unspecified atom stereocenters. The minimum absolute atomic E-state index is 0.0254. The fourth-order valence-electron chi connectivity index (χ4n) is 0.815. The fraction of sp³-hybridized carbons (Fsp3) is 0.900. The standard InChI is InChI=1S/C10H21NO3/c1-7(8(2)13-6)11-9(12)14-10(3,4)5/h7-8H,1-6H3,(H,11,12)/t7-,8?/m0/s1. The lowest BCUT2D eigenvalue weighted by molar-refractivity contribution is 0.0394. The van der Waals surface area contributed by atoms with Gasteiger partial charge in [0, 0.05) is 7.11 Å². The highest BCUT2D eigenvalue weighted by Gasteiger charge is 2.19. The zero-order valence-electron chi connectivity index (χ0n) is 9.88. The number of carbonyl (C=O) groups excluding carboxylic acids is 1. The average Bonchev–Trinajstić information content (AvgIpc) is 1.99. The molecule has 4 heteroatoms. The van der Waals surface area contributed by atoms with E-state index in [1.54, 1.807) is 7.11 Å². The van der Waals surface area contributed by atoms with Gasteiger partial charge in [-0.2, -0.15) is 0 Å². The monoisotopic (exact) mass is 203 g/mol. The molecule has 14 heavy (non-hydrogen) atoms. The minimum Gasteiger partial charge on any atom is -0.444 e. The summed E-state index contributed by atoms with van der Waals surface area (Å²) in [4.78, 5) is 11.3. The van der Waals surface area contributed by atoms with Crippen LogP contribution in [0.25, 0.3) is 0 Å². The Bertz CT molecular complexity index is 186. The summed E-state index contributed by atoms with van der Waals surface area (Å²) < 4.78 is 10.2. The predicted molar refractivity (Wildman–Crippen MR) is 55.3 cm³/mol. The van der Waals surface area contributed by atoms with Gasteiger partial charge in [-0.15, -0.1) is 0 Å². The van der Waals surface area contributed by atoms with Crippen molar-refractivity contribution >= 4 is 6.09 Å². The normalized spacial score (nSPS) is 15.9. The van der Waals surface area contributed by atoms with Crippen LogP contribution in [-0.2, 0) is 9.47 Å².